The number of hydrogen-bond acceptors (Lipinski definition) is 3. The first-order valence-corrected chi connectivity index (χ1v) is 7.26. The first-order chi connectivity index (χ1) is 9.24. The van der Waals surface area contributed by atoms with E-state index >= 15 is 0 Å². The van der Waals surface area contributed by atoms with Crippen molar-refractivity contribution in [2.75, 3.05) is 0 Å². The van der Waals surface area contributed by atoms with Crippen LogP contribution in [0.4, 0.5) is 0 Å². The van der Waals surface area contributed by atoms with Crippen molar-refractivity contribution in [1.29, 1.82) is 0 Å². The van der Waals surface area contributed by atoms with Crippen molar-refractivity contribution in [2.45, 2.75) is 56.7 Å². The number of carbonyl (C=O) groups is 1. The number of nitrogens with one attached hydrogen (secondary N) is 1. The van der Waals surface area contributed by atoms with Crippen LogP contribution in [0.5, 0.6) is 0 Å². The molecule has 19 heavy (non-hydrogen) atoms. The molecule has 0 saturated heterocycles. The average molecular weight is 262 g/mol. The van der Waals surface area contributed by atoms with Gasteiger partial charge in [-0.05, 0) is 38.0 Å². The van der Waals surface area contributed by atoms with Crippen LogP contribution >= 0.6 is 0 Å². The van der Waals surface area contributed by atoms with E-state index in [1.54, 1.807) is 6.20 Å². The number of carbonyl (C=O) groups excluding carboxylic acids is 1. The number of rotatable bonds is 5. The lowest BCUT2D eigenvalue weighted by atomic mass is 10.1. The van der Waals surface area contributed by atoms with Crippen LogP contribution < -0.4 is 11.1 Å². The van der Waals surface area contributed by atoms with E-state index in [-0.39, 0.29) is 18.0 Å². The van der Waals surface area contributed by atoms with E-state index in [0.29, 0.717) is 18.4 Å². The summed E-state index contributed by atoms with van der Waals surface area (Å²) >= 11 is 0. The van der Waals surface area contributed by atoms with Crippen LogP contribution in [0.15, 0.2) is 18.7 Å². The standard InChI is InChI=1S/C14H22N4O/c15-11(10-4-5-10)8-14(19)17-12-2-1-3-13(12)18-7-6-16-9-18/h6-7,9-13H,1-5,8,15H2,(H,17,19). The van der Waals surface area contributed by atoms with Crippen molar-refractivity contribution in [2.24, 2.45) is 11.7 Å². The van der Waals surface area contributed by atoms with Gasteiger partial charge < -0.3 is 15.6 Å². The van der Waals surface area contributed by atoms with Gasteiger partial charge in [0, 0.05) is 30.9 Å². The summed E-state index contributed by atoms with van der Waals surface area (Å²) in [6.45, 7) is 0. The zero-order valence-corrected chi connectivity index (χ0v) is 11.2. The minimum Gasteiger partial charge on any atom is -0.351 e. The molecule has 5 nitrogen and oxygen atoms in total. The Morgan fingerprint density at radius 2 is 2.26 bits per heavy atom. The zero-order chi connectivity index (χ0) is 13.2. The second-order valence-corrected chi connectivity index (χ2v) is 5.89. The third-order valence-corrected chi connectivity index (χ3v) is 4.38. The summed E-state index contributed by atoms with van der Waals surface area (Å²) in [5.74, 6) is 0.690. The van der Waals surface area contributed by atoms with Gasteiger partial charge in [-0.2, -0.15) is 0 Å². The summed E-state index contributed by atoms with van der Waals surface area (Å²) in [5.41, 5.74) is 6.01. The third-order valence-electron chi connectivity index (χ3n) is 4.38. The molecule has 0 aromatic carbocycles. The SMILES string of the molecule is NC(CC(=O)NC1CCCC1n1ccnc1)C1CC1. The Labute approximate surface area is 113 Å². The quantitative estimate of drug-likeness (QED) is 0.838. The molecule has 3 atom stereocenters. The molecule has 0 bridgehead atoms. The lowest BCUT2D eigenvalue weighted by molar-refractivity contribution is -0.122. The highest BCUT2D eigenvalue weighted by molar-refractivity contribution is 5.77. The van der Waals surface area contributed by atoms with Crippen molar-refractivity contribution in [3.05, 3.63) is 18.7 Å². The number of nitrogens with two attached hydrogens (primary N) is 1. The molecular weight excluding hydrogens is 240 g/mol. The number of imidazole rings is 1. The van der Waals surface area contributed by atoms with Gasteiger partial charge in [0.05, 0.1) is 12.4 Å². The summed E-state index contributed by atoms with van der Waals surface area (Å²) in [7, 11) is 0. The molecule has 1 aromatic heterocycles. The van der Waals surface area contributed by atoms with Gasteiger partial charge in [0.2, 0.25) is 5.91 Å². The van der Waals surface area contributed by atoms with Crippen molar-refractivity contribution in [1.82, 2.24) is 14.9 Å². The molecular formula is C14H22N4O. The van der Waals surface area contributed by atoms with E-state index in [9.17, 15) is 4.79 Å². The Morgan fingerprint density at radius 1 is 1.42 bits per heavy atom. The first kappa shape index (κ1) is 12.7. The lowest BCUT2D eigenvalue weighted by Gasteiger charge is -2.23. The van der Waals surface area contributed by atoms with Crippen molar-refractivity contribution in [3.63, 3.8) is 0 Å². The molecule has 2 fully saturated rings. The Kier molecular flexibility index (Phi) is 3.55. The average Bonchev–Trinajstić information content (AvgIpc) is 2.91. The maximum absolute atomic E-state index is 12.0. The lowest BCUT2D eigenvalue weighted by Crippen LogP contribution is -2.41. The molecule has 2 aliphatic carbocycles. The van der Waals surface area contributed by atoms with E-state index in [0.717, 1.165) is 19.3 Å². The Balaban J connectivity index is 1.54. The summed E-state index contributed by atoms with van der Waals surface area (Å²) in [4.78, 5) is 16.1. The molecule has 3 N–H and O–H groups in total. The largest absolute Gasteiger partial charge is 0.351 e. The zero-order valence-electron chi connectivity index (χ0n) is 11.2. The van der Waals surface area contributed by atoms with E-state index in [1.165, 1.54) is 12.8 Å². The third kappa shape index (κ3) is 2.97. The number of nitrogens with zero attached hydrogens (tertiary/aromatic N) is 2. The Bertz CT molecular complexity index is 427. The monoisotopic (exact) mass is 262 g/mol. The van der Waals surface area contributed by atoms with Gasteiger partial charge in [0.1, 0.15) is 0 Å². The fraction of sp³-hybridized carbons (Fsp3) is 0.714. The van der Waals surface area contributed by atoms with Gasteiger partial charge >= 0.3 is 0 Å². The van der Waals surface area contributed by atoms with Crippen molar-refractivity contribution >= 4 is 5.91 Å². The number of amides is 1. The molecule has 1 amide bonds. The van der Waals surface area contributed by atoms with E-state index in [1.807, 2.05) is 12.5 Å². The molecule has 104 valence electrons. The van der Waals surface area contributed by atoms with Gasteiger partial charge in [-0.25, -0.2) is 4.98 Å². The van der Waals surface area contributed by atoms with Crippen LogP contribution in [-0.2, 0) is 4.79 Å². The van der Waals surface area contributed by atoms with E-state index < -0.39 is 0 Å². The molecule has 1 aromatic rings. The number of hydrogen-bond donors (Lipinski definition) is 2. The van der Waals surface area contributed by atoms with Crippen LogP contribution in [0.1, 0.15) is 44.6 Å². The van der Waals surface area contributed by atoms with Crippen LogP contribution in [0.25, 0.3) is 0 Å². The second kappa shape index (κ2) is 5.33. The van der Waals surface area contributed by atoms with E-state index in [4.69, 9.17) is 5.73 Å². The van der Waals surface area contributed by atoms with Crippen molar-refractivity contribution < 1.29 is 4.79 Å². The Morgan fingerprint density at radius 3 is 2.95 bits per heavy atom. The summed E-state index contributed by atoms with van der Waals surface area (Å²) < 4.78 is 2.11. The predicted octanol–water partition coefficient (Wildman–Crippen LogP) is 1.22. The van der Waals surface area contributed by atoms with Gasteiger partial charge in [-0.1, -0.05) is 0 Å². The van der Waals surface area contributed by atoms with Crippen LogP contribution in [0.3, 0.4) is 0 Å². The first-order valence-electron chi connectivity index (χ1n) is 7.26. The summed E-state index contributed by atoms with van der Waals surface area (Å²) in [5, 5.41) is 3.16. The maximum Gasteiger partial charge on any atom is 0.221 e. The highest BCUT2D eigenvalue weighted by Gasteiger charge is 2.32. The minimum absolute atomic E-state index is 0.0492. The molecule has 2 aliphatic rings. The second-order valence-electron chi connectivity index (χ2n) is 5.89. The molecule has 5 heteroatoms. The summed E-state index contributed by atoms with van der Waals surface area (Å²) in [6.07, 6.45) is 11.8. The fourth-order valence-electron chi connectivity index (χ4n) is 3.10. The van der Waals surface area contributed by atoms with Gasteiger partial charge in [-0.3, -0.25) is 4.79 Å². The van der Waals surface area contributed by atoms with E-state index in [2.05, 4.69) is 14.9 Å². The fourth-order valence-corrected chi connectivity index (χ4v) is 3.10. The molecule has 0 radical (unpaired) electrons. The number of aromatic nitrogens is 2. The molecule has 1 heterocycles. The smallest absolute Gasteiger partial charge is 0.221 e. The highest BCUT2D eigenvalue weighted by atomic mass is 16.1. The minimum atomic E-state index is 0.0492. The van der Waals surface area contributed by atoms with Gasteiger partial charge in [0.15, 0.2) is 0 Å². The van der Waals surface area contributed by atoms with Crippen LogP contribution in [-0.4, -0.2) is 27.5 Å². The van der Waals surface area contributed by atoms with Crippen LogP contribution in [0.2, 0.25) is 0 Å². The molecule has 3 rings (SSSR count). The molecule has 3 unspecified atom stereocenters. The topological polar surface area (TPSA) is 72.9 Å². The predicted molar refractivity (Wildman–Crippen MR) is 72.4 cm³/mol. The summed E-state index contributed by atoms with van der Waals surface area (Å²) in [6, 6.07) is 0.629. The van der Waals surface area contributed by atoms with Crippen LogP contribution in [0, 0.1) is 5.92 Å². The molecule has 0 aliphatic heterocycles. The maximum atomic E-state index is 12.0. The Hall–Kier alpha value is -1.36. The van der Waals surface area contributed by atoms with Crippen molar-refractivity contribution in [3.8, 4) is 0 Å². The molecule has 2 saturated carbocycles. The normalized spacial score (nSPS) is 28.3. The molecule has 0 spiro atoms. The highest BCUT2D eigenvalue weighted by Crippen LogP contribution is 2.33. The van der Waals surface area contributed by atoms with Gasteiger partial charge in [0.25, 0.3) is 0 Å². The van der Waals surface area contributed by atoms with Gasteiger partial charge in [-0.15, -0.1) is 0 Å².